The highest BCUT2D eigenvalue weighted by Crippen LogP contribution is 2.30. The fraction of sp³-hybridized carbons (Fsp3) is 0.227. The molecule has 0 atom stereocenters. The van der Waals surface area contributed by atoms with E-state index < -0.39 is 23.5 Å². The topological polar surface area (TPSA) is 106 Å². The van der Waals surface area contributed by atoms with Crippen LogP contribution in [0.25, 0.3) is 28.1 Å². The molecule has 34 heavy (non-hydrogen) atoms. The van der Waals surface area contributed by atoms with Crippen molar-refractivity contribution in [3.63, 3.8) is 0 Å². The molecule has 5 heterocycles. The lowest BCUT2D eigenvalue weighted by Crippen LogP contribution is -2.34. The minimum Gasteiger partial charge on any atom is -0.465 e. The predicted molar refractivity (Wildman–Crippen MR) is 114 cm³/mol. The Bertz CT molecular complexity index is 1490. The van der Waals surface area contributed by atoms with Gasteiger partial charge < -0.3 is 14.6 Å². The van der Waals surface area contributed by atoms with Crippen molar-refractivity contribution in [3.8, 4) is 17.1 Å². The van der Waals surface area contributed by atoms with E-state index in [2.05, 4.69) is 15.2 Å². The van der Waals surface area contributed by atoms with Crippen LogP contribution >= 0.6 is 0 Å². The van der Waals surface area contributed by atoms with Crippen molar-refractivity contribution in [2.45, 2.75) is 19.1 Å². The Morgan fingerprint density at radius 2 is 1.91 bits per heavy atom. The molecule has 0 saturated heterocycles. The molecule has 12 heteroatoms. The van der Waals surface area contributed by atoms with Crippen LogP contribution in [0.1, 0.15) is 17.0 Å². The molecular formula is C22H17F3N6O3. The normalized spacial score (nSPS) is 13.8. The summed E-state index contributed by atoms with van der Waals surface area (Å²) in [5, 5.41) is 16.9. The van der Waals surface area contributed by atoms with E-state index in [4.69, 9.17) is 0 Å². The smallest absolute Gasteiger partial charge is 0.435 e. The molecule has 5 rings (SSSR count). The first-order chi connectivity index (χ1) is 16.1. The predicted octanol–water partition coefficient (Wildman–Crippen LogP) is 3.24. The van der Waals surface area contributed by atoms with Crippen LogP contribution in [0.15, 0.2) is 47.4 Å². The Morgan fingerprint density at radius 3 is 2.56 bits per heavy atom. The van der Waals surface area contributed by atoms with Gasteiger partial charge in [-0.2, -0.15) is 13.2 Å². The van der Waals surface area contributed by atoms with Crippen molar-refractivity contribution in [2.24, 2.45) is 7.05 Å². The first-order valence-electron chi connectivity index (χ1n) is 10.2. The first-order valence-corrected chi connectivity index (χ1v) is 10.2. The molecular weight excluding hydrogens is 453 g/mol. The number of hydrogen-bond donors (Lipinski definition) is 1. The van der Waals surface area contributed by atoms with Crippen molar-refractivity contribution in [1.82, 2.24) is 29.2 Å². The molecule has 0 aromatic carbocycles. The minimum atomic E-state index is -4.60. The van der Waals surface area contributed by atoms with Gasteiger partial charge in [0.15, 0.2) is 5.69 Å². The van der Waals surface area contributed by atoms with E-state index >= 15 is 0 Å². The standard InChI is InChI=1S/C22H17F3N6O3/c1-29-16-7-8-30(21(33)34)11-14(16)13-2-5-18(26-20(13)29)31-9-6-12(10-19(31)32)15-3-4-17(28-27-15)22(23,24)25/h2-6,9-10H,7-8,11H2,1H3,(H,33,34). The summed E-state index contributed by atoms with van der Waals surface area (Å²) in [7, 11) is 1.85. The van der Waals surface area contributed by atoms with Crippen LogP contribution in [-0.2, 0) is 26.2 Å². The second kappa shape index (κ2) is 7.68. The number of fused-ring (bicyclic) bond motifs is 3. The number of aromatic nitrogens is 5. The van der Waals surface area contributed by atoms with E-state index in [0.29, 0.717) is 30.0 Å². The SMILES string of the molecule is Cn1c2c(c3ccc(-n4ccc(-c5ccc(C(F)(F)F)nn5)cc4=O)nc31)CN(C(=O)O)CC2. The van der Waals surface area contributed by atoms with Gasteiger partial charge in [0, 0.05) is 54.5 Å². The van der Waals surface area contributed by atoms with Crippen LogP contribution in [0.2, 0.25) is 0 Å². The Balaban J connectivity index is 1.50. The summed E-state index contributed by atoms with van der Waals surface area (Å²) in [4.78, 5) is 30.1. The molecule has 0 fully saturated rings. The number of aryl methyl sites for hydroxylation is 1. The maximum atomic E-state index is 12.8. The number of nitrogens with zero attached hydrogens (tertiary/aromatic N) is 6. The van der Waals surface area contributed by atoms with E-state index in [1.807, 2.05) is 17.7 Å². The van der Waals surface area contributed by atoms with E-state index in [1.165, 1.54) is 21.7 Å². The van der Waals surface area contributed by atoms with Crippen LogP contribution in [0.4, 0.5) is 18.0 Å². The highest BCUT2D eigenvalue weighted by molar-refractivity contribution is 5.84. The summed E-state index contributed by atoms with van der Waals surface area (Å²) in [6.07, 6.45) is -3.54. The highest BCUT2D eigenvalue weighted by atomic mass is 19.4. The molecule has 0 unspecified atom stereocenters. The Kier molecular flexibility index (Phi) is 4.88. The van der Waals surface area contributed by atoms with Gasteiger partial charge in [-0.05, 0) is 30.3 Å². The van der Waals surface area contributed by atoms with Gasteiger partial charge in [-0.15, -0.1) is 10.2 Å². The molecule has 1 aliphatic heterocycles. The van der Waals surface area contributed by atoms with Crippen LogP contribution < -0.4 is 5.56 Å². The van der Waals surface area contributed by atoms with Gasteiger partial charge in [-0.25, -0.2) is 9.78 Å². The molecule has 1 N–H and O–H groups in total. The number of halogens is 3. The summed E-state index contributed by atoms with van der Waals surface area (Å²) in [5.41, 5.74) is 1.43. The maximum Gasteiger partial charge on any atom is 0.435 e. The fourth-order valence-electron chi connectivity index (χ4n) is 4.18. The Labute approximate surface area is 189 Å². The zero-order chi connectivity index (χ0) is 24.2. The number of alkyl halides is 3. The average Bonchev–Trinajstić information content (AvgIpc) is 3.09. The largest absolute Gasteiger partial charge is 0.465 e. The van der Waals surface area contributed by atoms with Crippen LogP contribution in [0.3, 0.4) is 0 Å². The second-order valence-electron chi connectivity index (χ2n) is 7.90. The number of carbonyl (C=O) groups is 1. The van der Waals surface area contributed by atoms with Gasteiger partial charge in [0.1, 0.15) is 11.5 Å². The van der Waals surface area contributed by atoms with E-state index in [9.17, 15) is 27.9 Å². The molecule has 0 saturated carbocycles. The van der Waals surface area contributed by atoms with Crippen molar-refractivity contribution in [3.05, 3.63) is 69.9 Å². The van der Waals surface area contributed by atoms with Crippen LogP contribution in [0.5, 0.6) is 0 Å². The summed E-state index contributed by atoms with van der Waals surface area (Å²) in [5.74, 6) is 0.357. The maximum absolute atomic E-state index is 12.8. The number of pyridine rings is 2. The zero-order valence-electron chi connectivity index (χ0n) is 17.7. The monoisotopic (exact) mass is 470 g/mol. The minimum absolute atomic E-state index is 0.138. The average molecular weight is 470 g/mol. The molecule has 174 valence electrons. The molecule has 1 amide bonds. The summed E-state index contributed by atoms with van der Waals surface area (Å²) in [6.45, 7) is 0.666. The molecule has 4 aromatic rings. The fourth-order valence-corrected chi connectivity index (χ4v) is 4.18. The van der Waals surface area contributed by atoms with Crippen molar-refractivity contribution in [1.29, 1.82) is 0 Å². The second-order valence-corrected chi connectivity index (χ2v) is 7.90. The Morgan fingerprint density at radius 1 is 1.12 bits per heavy atom. The van der Waals surface area contributed by atoms with Crippen LogP contribution in [-0.4, -0.2) is 47.0 Å². The molecule has 0 aliphatic carbocycles. The van der Waals surface area contributed by atoms with Gasteiger partial charge in [-0.3, -0.25) is 9.36 Å². The third-order valence-corrected chi connectivity index (χ3v) is 5.91. The van der Waals surface area contributed by atoms with E-state index in [0.717, 1.165) is 28.8 Å². The lowest BCUT2D eigenvalue weighted by atomic mass is 10.1. The summed E-state index contributed by atoms with van der Waals surface area (Å²) < 4.78 is 41.3. The third-order valence-electron chi connectivity index (χ3n) is 5.91. The molecule has 0 spiro atoms. The Hall–Kier alpha value is -4.22. The van der Waals surface area contributed by atoms with Gasteiger partial charge in [0.25, 0.3) is 5.56 Å². The number of hydrogen-bond acceptors (Lipinski definition) is 5. The van der Waals surface area contributed by atoms with Gasteiger partial charge in [0.2, 0.25) is 0 Å². The number of rotatable bonds is 2. The molecule has 0 bridgehead atoms. The number of amides is 1. The van der Waals surface area contributed by atoms with Gasteiger partial charge in [-0.1, -0.05) is 0 Å². The third kappa shape index (κ3) is 3.56. The summed E-state index contributed by atoms with van der Waals surface area (Å²) in [6, 6.07) is 8.25. The van der Waals surface area contributed by atoms with E-state index in [-0.39, 0.29) is 12.2 Å². The molecule has 0 radical (unpaired) electrons. The van der Waals surface area contributed by atoms with Gasteiger partial charge >= 0.3 is 12.3 Å². The lowest BCUT2D eigenvalue weighted by molar-refractivity contribution is -0.141. The lowest BCUT2D eigenvalue weighted by Gasteiger charge is -2.25. The first kappa shape index (κ1) is 21.6. The van der Waals surface area contributed by atoms with Crippen molar-refractivity contribution >= 4 is 17.1 Å². The van der Waals surface area contributed by atoms with E-state index in [1.54, 1.807) is 12.1 Å². The van der Waals surface area contributed by atoms with Gasteiger partial charge in [0.05, 0.1) is 12.2 Å². The molecule has 4 aromatic heterocycles. The molecule has 1 aliphatic rings. The van der Waals surface area contributed by atoms with Crippen LogP contribution in [0, 0.1) is 0 Å². The van der Waals surface area contributed by atoms with Crippen molar-refractivity contribution in [2.75, 3.05) is 6.54 Å². The molecule has 9 nitrogen and oxygen atoms in total. The summed E-state index contributed by atoms with van der Waals surface area (Å²) >= 11 is 0. The highest BCUT2D eigenvalue weighted by Gasteiger charge is 2.33. The number of carboxylic acid groups (broad SMARTS) is 1. The zero-order valence-corrected chi connectivity index (χ0v) is 17.7. The van der Waals surface area contributed by atoms with Crippen molar-refractivity contribution < 1.29 is 23.1 Å². The quantitative estimate of drug-likeness (QED) is 0.482.